The van der Waals surface area contributed by atoms with Crippen molar-refractivity contribution in [1.82, 2.24) is 9.97 Å². The second-order valence-electron chi connectivity index (χ2n) is 4.07. The summed E-state index contributed by atoms with van der Waals surface area (Å²) >= 11 is 0. The van der Waals surface area contributed by atoms with E-state index in [2.05, 4.69) is 30.7 Å². The zero-order valence-corrected chi connectivity index (χ0v) is 7.63. The molecule has 2 nitrogen and oxygen atoms in total. The van der Waals surface area contributed by atoms with Crippen LogP contribution in [0.4, 0.5) is 4.39 Å². The summed E-state index contributed by atoms with van der Waals surface area (Å²) in [5.74, 6) is -0.521. The molecule has 66 valence electrons. The maximum Gasteiger partial charge on any atom is 0.231 e. The Kier molecular flexibility index (Phi) is 2.40. The number of aromatic nitrogens is 2. The standard InChI is InChI=1S/C9H13FN2/c1-9(2,3)4-7-5-12-8(10)6-11-7/h5-6H,4H2,1-3H3. The highest BCUT2D eigenvalue weighted by molar-refractivity contribution is 4.98. The Morgan fingerprint density at radius 1 is 1.25 bits per heavy atom. The minimum Gasteiger partial charge on any atom is -0.255 e. The Bertz CT molecular complexity index is 248. The van der Waals surface area contributed by atoms with Crippen LogP contribution in [-0.2, 0) is 6.42 Å². The van der Waals surface area contributed by atoms with Crippen molar-refractivity contribution in [2.75, 3.05) is 0 Å². The molecule has 0 atom stereocenters. The first-order valence-corrected chi connectivity index (χ1v) is 3.94. The van der Waals surface area contributed by atoms with Crippen LogP contribution in [0.25, 0.3) is 0 Å². The summed E-state index contributed by atoms with van der Waals surface area (Å²) in [6, 6.07) is 0. The van der Waals surface area contributed by atoms with Crippen LogP contribution in [0.1, 0.15) is 26.5 Å². The fourth-order valence-electron chi connectivity index (χ4n) is 0.974. The Hall–Kier alpha value is -0.990. The van der Waals surface area contributed by atoms with Gasteiger partial charge in [0.15, 0.2) is 0 Å². The number of rotatable bonds is 1. The van der Waals surface area contributed by atoms with E-state index in [0.717, 1.165) is 18.3 Å². The van der Waals surface area contributed by atoms with E-state index in [4.69, 9.17) is 0 Å². The third kappa shape index (κ3) is 2.95. The van der Waals surface area contributed by atoms with E-state index in [1.54, 1.807) is 0 Å². The summed E-state index contributed by atoms with van der Waals surface area (Å²) < 4.78 is 12.3. The van der Waals surface area contributed by atoms with Crippen molar-refractivity contribution in [2.24, 2.45) is 5.41 Å². The van der Waals surface area contributed by atoms with E-state index < -0.39 is 5.95 Å². The molecule has 0 aliphatic rings. The van der Waals surface area contributed by atoms with E-state index in [9.17, 15) is 4.39 Å². The van der Waals surface area contributed by atoms with Crippen LogP contribution in [0.3, 0.4) is 0 Å². The molecule has 0 saturated carbocycles. The summed E-state index contributed by atoms with van der Waals surface area (Å²) in [5, 5.41) is 0. The molecule has 0 aromatic carbocycles. The zero-order valence-electron chi connectivity index (χ0n) is 7.63. The van der Waals surface area contributed by atoms with Crippen molar-refractivity contribution in [3.63, 3.8) is 0 Å². The van der Waals surface area contributed by atoms with Gasteiger partial charge in [-0.05, 0) is 11.8 Å². The Balaban J connectivity index is 2.71. The van der Waals surface area contributed by atoms with E-state index in [1.807, 2.05) is 0 Å². The fraction of sp³-hybridized carbons (Fsp3) is 0.556. The topological polar surface area (TPSA) is 25.8 Å². The highest BCUT2D eigenvalue weighted by Gasteiger charge is 2.12. The smallest absolute Gasteiger partial charge is 0.231 e. The van der Waals surface area contributed by atoms with Crippen molar-refractivity contribution in [1.29, 1.82) is 0 Å². The lowest BCUT2D eigenvalue weighted by atomic mass is 9.91. The molecule has 0 N–H and O–H groups in total. The van der Waals surface area contributed by atoms with Gasteiger partial charge in [0.25, 0.3) is 0 Å². The number of halogens is 1. The number of nitrogens with zero attached hydrogens (tertiary/aromatic N) is 2. The summed E-state index contributed by atoms with van der Waals surface area (Å²) in [6.45, 7) is 6.33. The maximum absolute atomic E-state index is 12.3. The van der Waals surface area contributed by atoms with Crippen LogP contribution in [0.5, 0.6) is 0 Å². The van der Waals surface area contributed by atoms with Crippen molar-refractivity contribution in [2.45, 2.75) is 27.2 Å². The average Bonchev–Trinajstić information content (AvgIpc) is 1.91. The fourth-order valence-corrected chi connectivity index (χ4v) is 0.974. The van der Waals surface area contributed by atoms with Gasteiger partial charge < -0.3 is 0 Å². The molecule has 0 spiro atoms. The number of hydrogen-bond donors (Lipinski definition) is 0. The van der Waals surface area contributed by atoms with E-state index in [0.29, 0.717) is 0 Å². The highest BCUT2D eigenvalue weighted by atomic mass is 19.1. The van der Waals surface area contributed by atoms with Crippen molar-refractivity contribution in [3.05, 3.63) is 24.0 Å². The first-order valence-electron chi connectivity index (χ1n) is 3.94. The molecular formula is C9H13FN2. The molecule has 0 aliphatic heterocycles. The van der Waals surface area contributed by atoms with Gasteiger partial charge in [-0.3, -0.25) is 4.98 Å². The van der Waals surface area contributed by atoms with Gasteiger partial charge in [-0.25, -0.2) is 4.98 Å². The Morgan fingerprint density at radius 2 is 1.92 bits per heavy atom. The van der Waals surface area contributed by atoms with Gasteiger partial charge in [0, 0.05) is 0 Å². The molecule has 0 radical (unpaired) electrons. The molecule has 1 rings (SSSR count). The van der Waals surface area contributed by atoms with Gasteiger partial charge in [-0.15, -0.1) is 0 Å². The normalized spacial score (nSPS) is 11.7. The van der Waals surface area contributed by atoms with Gasteiger partial charge in [-0.2, -0.15) is 4.39 Å². The summed E-state index contributed by atoms with van der Waals surface area (Å²) in [6.07, 6.45) is 3.46. The molecule has 0 unspecified atom stereocenters. The van der Waals surface area contributed by atoms with Crippen LogP contribution < -0.4 is 0 Å². The molecule has 1 aromatic heterocycles. The average molecular weight is 168 g/mol. The van der Waals surface area contributed by atoms with Gasteiger partial charge in [-0.1, -0.05) is 20.8 Å². The van der Waals surface area contributed by atoms with Gasteiger partial charge >= 0.3 is 0 Å². The van der Waals surface area contributed by atoms with Gasteiger partial charge in [0.05, 0.1) is 18.1 Å². The minimum atomic E-state index is -0.521. The molecule has 0 amide bonds. The van der Waals surface area contributed by atoms with Crippen molar-refractivity contribution in [3.8, 4) is 0 Å². The third-order valence-electron chi connectivity index (χ3n) is 1.39. The lowest BCUT2D eigenvalue weighted by Gasteiger charge is -2.16. The largest absolute Gasteiger partial charge is 0.255 e. The first kappa shape index (κ1) is 9.10. The quantitative estimate of drug-likeness (QED) is 0.642. The highest BCUT2D eigenvalue weighted by Crippen LogP contribution is 2.18. The summed E-state index contributed by atoms with van der Waals surface area (Å²) in [4.78, 5) is 7.46. The van der Waals surface area contributed by atoms with Crippen LogP contribution in [0.2, 0.25) is 0 Å². The molecular weight excluding hydrogens is 155 g/mol. The van der Waals surface area contributed by atoms with Crippen LogP contribution >= 0.6 is 0 Å². The molecule has 3 heteroatoms. The minimum absolute atomic E-state index is 0.173. The van der Waals surface area contributed by atoms with Gasteiger partial charge in [0.2, 0.25) is 5.95 Å². The summed E-state index contributed by atoms with van der Waals surface area (Å²) in [5.41, 5.74) is 1.01. The predicted molar refractivity (Wildman–Crippen MR) is 45.1 cm³/mol. The van der Waals surface area contributed by atoms with Crippen LogP contribution in [0.15, 0.2) is 12.4 Å². The molecule has 1 heterocycles. The molecule has 1 aromatic rings. The second kappa shape index (κ2) is 3.17. The molecule has 0 fully saturated rings. The molecule has 12 heavy (non-hydrogen) atoms. The maximum atomic E-state index is 12.3. The third-order valence-corrected chi connectivity index (χ3v) is 1.39. The zero-order chi connectivity index (χ0) is 9.19. The monoisotopic (exact) mass is 168 g/mol. The predicted octanol–water partition coefficient (Wildman–Crippen LogP) is 2.20. The van der Waals surface area contributed by atoms with Gasteiger partial charge in [0.1, 0.15) is 0 Å². The SMILES string of the molecule is CC(C)(C)Cc1cnc(F)cn1. The van der Waals surface area contributed by atoms with Crippen LogP contribution in [0, 0.1) is 11.4 Å². The first-order chi connectivity index (χ1) is 5.47. The van der Waals surface area contributed by atoms with E-state index in [-0.39, 0.29) is 5.41 Å². The number of hydrogen-bond acceptors (Lipinski definition) is 2. The van der Waals surface area contributed by atoms with Crippen molar-refractivity contribution < 1.29 is 4.39 Å². The summed E-state index contributed by atoms with van der Waals surface area (Å²) in [7, 11) is 0. The van der Waals surface area contributed by atoms with Crippen molar-refractivity contribution >= 4 is 0 Å². The second-order valence-corrected chi connectivity index (χ2v) is 4.07. The lowest BCUT2D eigenvalue weighted by molar-refractivity contribution is 0.404. The molecule has 0 bridgehead atoms. The van der Waals surface area contributed by atoms with Crippen LogP contribution in [-0.4, -0.2) is 9.97 Å². The molecule has 0 saturated heterocycles. The Labute approximate surface area is 71.9 Å². The lowest BCUT2D eigenvalue weighted by Crippen LogP contribution is -2.10. The van der Waals surface area contributed by atoms with E-state index >= 15 is 0 Å². The Morgan fingerprint density at radius 3 is 2.33 bits per heavy atom. The molecule has 0 aliphatic carbocycles. The van der Waals surface area contributed by atoms with E-state index in [1.165, 1.54) is 6.20 Å².